The number of fused-ring (bicyclic) bond motifs is 3. The zero-order valence-corrected chi connectivity index (χ0v) is 27.3. The third-order valence-corrected chi connectivity index (χ3v) is 8.97. The maximum absolute atomic E-state index is 14.7. The summed E-state index contributed by atoms with van der Waals surface area (Å²) in [6.45, 7) is 1.95. The summed E-state index contributed by atoms with van der Waals surface area (Å²) >= 11 is 0. The fourth-order valence-corrected chi connectivity index (χ4v) is 6.56. The van der Waals surface area contributed by atoms with E-state index < -0.39 is 29.0 Å². The number of hydrogen-bond acceptors (Lipinski definition) is 3. The molecule has 4 nitrogen and oxygen atoms in total. The molecule has 6 aromatic carbocycles. The van der Waals surface area contributed by atoms with E-state index in [9.17, 15) is 26.3 Å². The van der Waals surface area contributed by atoms with Crippen molar-refractivity contribution in [1.82, 2.24) is 19.5 Å². The number of nitrogens with zero attached hydrogens (tertiary/aromatic N) is 4. The van der Waals surface area contributed by atoms with E-state index in [4.69, 9.17) is 15.0 Å². The first-order valence-corrected chi connectivity index (χ1v) is 16.3. The Hall–Kier alpha value is -6.29. The van der Waals surface area contributed by atoms with Gasteiger partial charge in [-0.1, -0.05) is 109 Å². The summed E-state index contributed by atoms with van der Waals surface area (Å²) in [6.07, 6.45) is -10.1. The second-order valence-corrected chi connectivity index (χ2v) is 12.4. The Morgan fingerprint density at radius 3 is 1.63 bits per heavy atom. The van der Waals surface area contributed by atoms with Gasteiger partial charge in [0.15, 0.2) is 17.5 Å². The molecular formula is C42H26F6N4. The molecule has 0 spiro atoms. The number of hydrogen-bond donors (Lipinski definition) is 0. The topological polar surface area (TPSA) is 43.6 Å². The molecule has 0 aliphatic heterocycles. The maximum Gasteiger partial charge on any atom is 0.417 e. The van der Waals surface area contributed by atoms with Crippen LogP contribution in [0.3, 0.4) is 0 Å². The van der Waals surface area contributed by atoms with Crippen LogP contribution in [0.25, 0.3) is 72.8 Å². The van der Waals surface area contributed by atoms with Gasteiger partial charge in [-0.2, -0.15) is 26.3 Å². The van der Waals surface area contributed by atoms with E-state index in [1.165, 1.54) is 6.07 Å². The van der Waals surface area contributed by atoms with Gasteiger partial charge < -0.3 is 4.57 Å². The fourth-order valence-electron chi connectivity index (χ4n) is 6.56. The summed E-state index contributed by atoms with van der Waals surface area (Å²) in [4.78, 5) is 14.4. The molecule has 0 aliphatic carbocycles. The standard InChI is InChI=1S/C42H26F6N4/c1-25-16-21-36-33(22-25)31-14-8-9-15-35(31)52(36)37-23-28(17-19-32(37)30-20-18-29(41(43,44)45)24-34(30)42(46,47)48)40-50-38(26-10-4-2-5-11-26)49-39(51-40)27-12-6-3-7-13-27/h2-24H,1H3. The highest BCUT2D eigenvalue weighted by atomic mass is 19.4. The predicted molar refractivity (Wildman–Crippen MR) is 191 cm³/mol. The van der Waals surface area contributed by atoms with Crippen LogP contribution in [0.4, 0.5) is 26.3 Å². The first-order chi connectivity index (χ1) is 25.0. The molecule has 8 rings (SSSR count). The molecule has 2 heterocycles. The van der Waals surface area contributed by atoms with E-state index in [0.29, 0.717) is 40.0 Å². The van der Waals surface area contributed by atoms with Gasteiger partial charge in [-0.3, -0.25) is 0 Å². The minimum atomic E-state index is -5.09. The van der Waals surface area contributed by atoms with Crippen molar-refractivity contribution in [1.29, 1.82) is 0 Å². The van der Waals surface area contributed by atoms with Gasteiger partial charge in [0.2, 0.25) is 0 Å². The van der Waals surface area contributed by atoms with Crippen LogP contribution in [-0.2, 0) is 12.4 Å². The third kappa shape index (κ3) is 5.96. The van der Waals surface area contributed by atoms with Crippen molar-refractivity contribution in [2.24, 2.45) is 0 Å². The highest BCUT2D eigenvalue weighted by Crippen LogP contribution is 2.45. The average molecular weight is 701 g/mol. The smallest absolute Gasteiger partial charge is 0.309 e. The van der Waals surface area contributed by atoms with Gasteiger partial charge in [-0.15, -0.1) is 0 Å². The lowest BCUT2D eigenvalue weighted by atomic mass is 9.94. The molecule has 0 radical (unpaired) electrons. The molecule has 256 valence electrons. The van der Waals surface area contributed by atoms with E-state index >= 15 is 0 Å². The Morgan fingerprint density at radius 2 is 1.02 bits per heavy atom. The van der Waals surface area contributed by atoms with Gasteiger partial charge in [0, 0.05) is 33.0 Å². The van der Waals surface area contributed by atoms with Crippen molar-refractivity contribution in [3.63, 3.8) is 0 Å². The number of aromatic nitrogens is 4. The SMILES string of the molecule is Cc1ccc2c(c1)c1ccccc1n2-c1cc(-c2nc(-c3ccccc3)nc(-c3ccccc3)n2)ccc1-c1ccc(C(F)(F)F)cc1C(F)(F)F. The summed E-state index contributed by atoms with van der Waals surface area (Å²) in [5.41, 5.74) is 1.53. The van der Waals surface area contributed by atoms with E-state index in [-0.39, 0.29) is 17.5 Å². The van der Waals surface area contributed by atoms with Crippen molar-refractivity contribution in [3.05, 3.63) is 156 Å². The van der Waals surface area contributed by atoms with Crippen LogP contribution in [0, 0.1) is 6.92 Å². The van der Waals surface area contributed by atoms with E-state index in [2.05, 4.69) is 0 Å². The van der Waals surface area contributed by atoms with Crippen LogP contribution in [0.15, 0.2) is 140 Å². The molecule has 0 fully saturated rings. The second-order valence-electron chi connectivity index (χ2n) is 12.4. The van der Waals surface area contributed by atoms with Crippen molar-refractivity contribution >= 4 is 21.8 Å². The lowest BCUT2D eigenvalue weighted by Gasteiger charge is -2.20. The van der Waals surface area contributed by atoms with Crippen molar-refractivity contribution in [2.75, 3.05) is 0 Å². The minimum Gasteiger partial charge on any atom is -0.309 e. The zero-order chi connectivity index (χ0) is 36.2. The van der Waals surface area contributed by atoms with Crippen LogP contribution in [0.2, 0.25) is 0 Å². The molecule has 0 N–H and O–H groups in total. The fraction of sp³-hybridized carbons (Fsp3) is 0.0714. The van der Waals surface area contributed by atoms with Crippen LogP contribution >= 0.6 is 0 Å². The highest BCUT2D eigenvalue weighted by Gasteiger charge is 2.39. The number of rotatable bonds is 5. The van der Waals surface area contributed by atoms with E-state index in [0.717, 1.165) is 33.5 Å². The van der Waals surface area contributed by atoms with Gasteiger partial charge in [-0.25, -0.2) is 15.0 Å². The van der Waals surface area contributed by atoms with Crippen molar-refractivity contribution in [3.8, 4) is 51.0 Å². The summed E-state index contributed by atoms with van der Waals surface area (Å²) in [5, 5.41) is 1.73. The predicted octanol–water partition coefficient (Wildman–Crippen LogP) is 12.0. The zero-order valence-electron chi connectivity index (χ0n) is 27.3. The van der Waals surface area contributed by atoms with Gasteiger partial charge in [-0.05, 0) is 48.9 Å². The van der Waals surface area contributed by atoms with Crippen LogP contribution < -0.4 is 0 Å². The molecular weight excluding hydrogens is 674 g/mol. The largest absolute Gasteiger partial charge is 0.417 e. The number of alkyl halides is 6. The summed E-state index contributed by atoms with van der Waals surface area (Å²) in [6, 6.07) is 38.5. The van der Waals surface area contributed by atoms with E-state index in [1.807, 2.05) is 115 Å². The number of benzene rings is 6. The second kappa shape index (κ2) is 12.5. The Kier molecular flexibility index (Phi) is 7.90. The Labute approximate surface area is 293 Å². The van der Waals surface area contributed by atoms with Crippen molar-refractivity contribution < 1.29 is 26.3 Å². The van der Waals surface area contributed by atoms with Gasteiger partial charge in [0.05, 0.1) is 27.8 Å². The van der Waals surface area contributed by atoms with Crippen LogP contribution in [0.1, 0.15) is 16.7 Å². The van der Waals surface area contributed by atoms with Gasteiger partial charge >= 0.3 is 12.4 Å². The molecule has 0 saturated carbocycles. The quantitative estimate of drug-likeness (QED) is 0.168. The summed E-state index contributed by atoms with van der Waals surface area (Å²) < 4.78 is 87.1. The monoisotopic (exact) mass is 700 g/mol. The van der Waals surface area contributed by atoms with Crippen LogP contribution in [-0.4, -0.2) is 19.5 Å². The highest BCUT2D eigenvalue weighted by molar-refractivity contribution is 6.10. The first kappa shape index (κ1) is 32.9. The van der Waals surface area contributed by atoms with Gasteiger partial charge in [0.25, 0.3) is 0 Å². The number of aryl methyl sites for hydroxylation is 1. The molecule has 0 bridgehead atoms. The third-order valence-electron chi connectivity index (χ3n) is 8.97. The Morgan fingerprint density at radius 1 is 0.462 bits per heavy atom. The molecule has 0 atom stereocenters. The van der Waals surface area contributed by atoms with Gasteiger partial charge in [0.1, 0.15) is 0 Å². The molecule has 8 aromatic rings. The minimum absolute atomic E-state index is 0.0775. The normalized spacial score (nSPS) is 12.1. The van der Waals surface area contributed by atoms with Crippen LogP contribution in [0.5, 0.6) is 0 Å². The first-order valence-electron chi connectivity index (χ1n) is 16.3. The molecule has 0 amide bonds. The molecule has 52 heavy (non-hydrogen) atoms. The maximum atomic E-state index is 14.7. The summed E-state index contributed by atoms with van der Waals surface area (Å²) in [5.74, 6) is 1.05. The summed E-state index contributed by atoms with van der Waals surface area (Å²) in [7, 11) is 0. The van der Waals surface area contributed by atoms with E-state index in [1.54, 1.807) is 12.1 Å². The average Bonchev–Trinajstić information content (AvgIpc) is 3.47. The molecule has 0 aliphatic rings. The lowest BCUT2D eigenvalue weighted by molar-refractivity contribution is -0.142. The molecule has 2 aromatic heterocycles. The molecule has 0 unspecified atom stereocenters. The van der Waals surface area contributed by atoms with Crippen molar-refractivity contribution in [2.45, 2.75) is 19.3 Å². The Bertz CT molecular complexity index is 2550. The lowest BCUT2D eigenvalue weighted by Crippen LogP contribution is -2.12. The molecule has 0 saturated heterocycles. The molecule has 10 heteroatoms. The number of halogens is 6. The Balaban J connectivity index is 1.45. The number of para-hydroxylation sites is 1.